The third kappa shape index (κ3) is 3.43. The predicted octanol–water partition coefficient (Wildman–Crippen LogP) is 0.118. The van der Waals surface area contributed by atoms with Crippen LogP contribution in [0.15, 0.2) is 6.33 Å². The van der Waals surface area contributed by atoms with Crippen molar-refractivity contribution in [1.82, 2.24) is 14.8 Å². The smallest absolute Gasteiger partial charge is 0.264 e. The first-order valence-corrected chi connectivity index (χ1v) is 5.95. The number of nitrogens with zero attached hydrogens (tertiary/aromatic N) is 3. The summed E-state index contributed by atoms with van der Waals surface area (Å²) < 4.78 is 31.1. The van der Waals surface area contributed by atoms with Crippen LogP contribution in [-0.4, -0.2) is 33.5 Å². The molecular formula is C7H13N3O3S. The quantitative estimate of drug-likeness (QED) is 0.711. The summed E-state index contributed by atoms with van der Waals surface area (Å²) in [5.74, 6) is 0.592. The van der Waals surface area contributed by atoms with Crippen molar-refractivity contribution in [1.29, 1.82) is 0 Å². The van der Waals surface area contributed by atoms with Crippen molar-refractivity contribution in [3.63, 3.8) is 0 Å². The van der Waals surface area contributed by atoms with E-state index in [9.17, 15) is 8.42 Å². The Kier molecular flexibility index (Phi) is 3.59. The van der Waals surface area contributed by atoms with Crippen LogP contribution >= 0.6 is 0 Å². The van der Waals surface area contributed by atoms with E-state index in [0.717, 1.165) is 12.2 Å². The van der Waals surface area contributed by atoms with Crippen molar-refractivity contribution in [2.75, 3.05) is 5.75 Å². The minimum atomic E-state index is -3.85. The van der Waals surface area contributed by atoms with E-state index in [1.807, 2.05) is 6.92 Å². The molecule has 0 radical (unpaired) electrons. The minimum Gasteiger partial charge on any atom is -0.318 e. The van der Waals surface area contributed by atoms with Gasteiger partial charge in [-0.25, -0.2) is 0 Å². The second-order valence-electron chi connectivity index (χ2n) is 2.93. The second-order valence-corrected chi connectivity index (χ2v) is 4.51. The summed E-state index contributed by atoms with van der Waals surface area (Å²) >= 11 is 0. The first kappa shape index (κ1) is 11.1. The highest BCUT2D eigenvalue weighted by atomic mass is 32.2. The SMILES string of the molecule is CCc1nncn1CCCS(=O)(=O)O. The Morgan fingerprint density at radius 1 is 1.57 bits per heavy atom. The summed E-state index contributed by atoms with van der Waals surface area (Å²) in [4.78, 5) is 0. The van der Waals surface area contributed by atoms with Gasteiger partial charge in [-0.05, 0) is 6.42 Å². The molecule has 0 bridgehead atoms. The Balaban J connectivity index is 2.46. The average molecular weight is 219 g/mol. The Labute approximate surface area is 82.7 Å². The monoisotopic (exact) mass is 219 g/mol. The van der Waals surface area contributed by atoms with Crippen LogP contribution in [0.2, 0.25) is 0 Å². The second kappa shape index (κ2) is 4.52. The first-order chi connectivity index (χ1) is 6.53. The molecule has 14 heavy (non-hydrogen) atoms. The Morgan fingerprint density at radius 3 is 2.86 bits per heavy atom. The lowest BCUT2D eigenvalue weighted by atomic mass is 10.4. The fraction of sp³-hybridized carbons (Fsp3) is 0.714. The van der Waals surface area contributed by atoms with Crippen LogP contribution in [0.4, 0.5) is 0 Å². The van der Waals surface area contributed by atoms with Crippen LogP contribution in [0.1, 0.15) is 19.2 Å². The summed E-state index contributed by atoms with van der Waals surface area (Å²) in [5.41, 5.74) is 0. The van der Waals surface area contributed by atoms with Crippen molar-refractivity contribution in [3.8, 4) is 0 Å². The fourth-order valence-electron chi connectivity index (χ4n) is 1.16. The van der Waals surface area contributed by atoms with Crippen LogP contribution < -0.4 is 0 Å². The summed E-state index contributed by atoms with van der Waals surface area (Å²) in [6.07, 6.45) is 2.68. The Morgan fingerprint density at radius 2 is 2.29 bits per heavy atom. The zero-order valence-corrected chi connectivity index (χ0v) is 8.74. The van der Waals surface area contributed by atoms with Gasteiger partial charge in [0.1, 0.15) is 12.2 Å². The zero-order chi connectivity index (χ0) is 10.6. The van der Waals surface area contributed by atoms with E-state index in [2.05, 4.69) is 10.2 Å². The van der Waals surface area contributed by atoms with E-state index in [1.54, 1.807) is 10.9 Å². The third-order valence-electron chi connectivity index (χ3n) is 1.81. The lowest BCUT2D eigenvalue weighted by Gasteiger charge is -2.03. The van der Waals surface area contributed by atoms with Gasteiger partial charge in [0.2, 0.25) is 0 Å². The Hall–Kier alpha value is -0.950. The fourth-order valence-corrected chi connectivity index (χ4v) is 1.65. The first-order valence-electron chi connectivity index (χ1n) is 4.35. The van der Waals surface area contributed by atoms with Crippen LogP contribution in [0.3, 0.4) is 0 Å². The maximum atomic E-state index is 10.4. The average Bonchev–Trinajstić information content (AvgIpc) is 2.49. The van der Waals surface area contributed by atoms with Crippen molar-refractivity contribution in [3.05, 3.63) is 12.2 Å². The van der Waals surface area contributed by atoms with Crippen LogP contribution in [-0.2, 0) is 23.1 Å². The largest absolute Gasteiger partial charge is 0.318 e. The van der Waals surface area contributed by atoms with Gasteiger partial charge in [-0.3, -0.25) is 4.55 Å². The van der Waals surface area contributed by atoms with Gasteiger partial charge in [0.25, 0.3) is 10.1 Å². The highest BCUT2D eigenvalue weighted by molar-refractivity contribution is 7.85. The molecule has 1 heterocycles. The highest BCUT2D eigenvalue weighted by Crippen LogP contribution is 1.99. The van der Waals surface area contributed by atoms with Gasteiger partial charge in [0.05, 0.1) is 5.75 Å². The molecule has 0 saturated heterocycles. The number of hydrogen-bond acceptors (Lipinski definition) is 4. The van der Waals surface area contributed by atoms with Gasteiger partial charge in [-0.15, -0.1) is 10.2 Å². The zero-order valence-electron chi connectivity index (χ0n) is 7.92. The number of aromatic nitrogens is 3. The molecule has 0 aromatic carbocycles. The van der Waals surface area contributed by atoms with Crippen LogP contribution in [0, 0.1) is 0 Å². The van der Waals surface area contributed by atoms with E-state index in [0.29, 0.717) is 13.0 Å². The molecule has 7 heteroatoms. The maximum Gasteiger partial charge on any atom is 0.264 e. The molecule has 0 atom stereocenters. The van der Waals surface area contributed by atoms with Crippen molar-refractivity contribution in [2.45, 2.75) is 26.3 Å². The molecule has 0 saturated carbocycles. The molecule has 0 unspecified atom stereocenters. The van der Waals surface area contributed by atoms with Gasteiger partial charge >= 0.3 is 0 Å². The predicted molar refractivity (Wildman–Crippen MR) is 50.4 cm³/mol. The molecule has 0 aliphatic heterocycles. The molecule has 6 nitrogen and oxygen atoms in total. The minimum absolute atomic E-state index is 0.228. The number of rotatable bonds is 5. The molecule has 0 spiro atoms. The summed E-state index contributed by atoms with van der Waals surface area (Å²) in [6, 6.07) is 0. The molecule has 1 N–H and O–H groups in total. The molecule has 0 aliphatic carbocycles. The van der Waals surface area contributed by atoms with Crippen molar-refractivity contribution in [2.24, 2.45) is 0 Å². The number of aryl methyl sites for hydroxylation is 2. The van der Waals surface area contributed by atoms with E-state index < -0.39 is 10.1 Å². The van der Waals surface area contributed by atoms with Gasteiger partial charge in [0.15, 0.2) is 0 Å². The standard InChI is InChI=1S/C7H13N3O3S/c1-2-7-9-8-6-10(7)4-3-5-14(11,12)13/h6H,2-5H2,1H3,(H,11,12,13). The van der Waals surface area contributed by atoms with Crippen molar-refractivity contribution >= 4 is 10.1 Å². The summed E-state index contributed by atoms with van der Waals surface area (Å²) in [6.45, 7) is 2.46. The van der Waals surface area contributed by atoms with E-state index in [4.69, 9.17) is 4.55 Å². The van der Waals surface area contributed by atoms with Gasteiger partial charge in [-0.2, -0.15) is 8.42 Å². The topological polar surface area (TPSA) is 85.1 Å². The Bertz CT molecular complexity index is 385. The van der Waals surface area contributed by atoms with E-state index in [1.165, 1.54) is 0 Å². The molecule has 0 fully saturated rings. The highest BCUT2D eigenvalue weighted by Gasteiger charge is 2.06. The molecule has 0 amide bonds. The molecule has 1 aromatic heterocycles. The van der Waals surface area contributed by atoms with Crippen LogP contribution in [0.25, 0.3) is 0 Å². The lowest BCUT2D eigenvalue weighted by molar-refractivity contribution is 0.477. The maximum absolute atomic E-state index is 10.4. The van der Waals surface area contributed by atoms with E-state index >= 15 is 0 Å². The summed E-state index contributed by atoms with van der Waals surface area (Å²) in [7, 11) is -3.85. The van der Waals surface area contributed by atoms with E-state index in [-0.39, 0.29) is 5.75 Å². The third-order valence-corrected chi connectivity index (χ3v) is 2.62. The summed E-state index contributed by atoms with van der Waals surface area (Å²) in [5, 5.41) is 7.56. The molecule has 80 valence electrons. The molecule has 0 aliphatic rings. The number of hydrogen-bond donors (Lipinski definition) is 1. The molecule has 1 aromatic rings. The normalized spacial score (nSPS) is 11.9. The molecular weight excluding hydrogens is 206 g/mol. The van der Waals surface area contributed by atoms with Gasteiger partial charge in [-0.1, -0.05) is 6.92 Å². The lowest BCUT2D eigenvalue weighted by Crippen LogP contribution is -2.09. The van der Waals surface area contributed by atoms with Gasteiger partial charge < -0.3 is 4.57 Å². The van der Waals surface area contributed by atoms with Crippen molar-refractivity contribution < 1.29 is 13.0 Å². The van der Waals surface area contributed by atoms with Crippen LogP contribution in [0.5, 0.6) is 0 Å². The van der Waals surface area contributed by atoms with Gasteiger partial charge in [0, 0.05) is 13.0 Å². The molecule has 1 rings (SSSR count).